The summed E-state index contributed by atoms with van der Waals surface area (Å²) < 4.78 is 27.7. The molecular weight excluding hydrogens is 328 g/mol. The predicted octanol–water partition coefficient (Wildman–Crippen LogP) is 2.94. The van der Waals surface area contributed by atoms with E-state index in [4.69, 9.17) is 17.3 Å². The van der Waals surface area contributed by atoms with Crippen molar-refractivity contribution >= 4 is 33.0 Å². The molecule has 1 heterocycles. The number of rotatable bonds is 6. The third-order valence-electron chi connectivity index (χ3n) is 2.99. The minimum Gasteiger partial charge on any atom is -0.330 e. The Hall–Kier alpha value is -0.920. The van der Waals surface area contributed by atoms with Crippen molar-refractivity contribution in [2.45, 2.75) is 23.6 Å². The lowest BCUT2D eigenvalue weighted by Crippen LogP contribution is -2.26. The highest BCUT2D eigenvalue weighted by atomic mass is 35.5. The second-order valence-electron chi connectivity index (χ2n) is 4.65. The summed E-state index contributed by atoms with van der Waals surface area (Å²) in [7, 11) is -3.52. The van der Waals surface area contributed by atoms with E-state index in [-0.39, 0.29) is 6.04 Å². The third-order valence-corrected chi connectivity index (χ3v) is 6.42. The summed E-state index contributed by atoms with van der Waals surface area (Å²) in [6, 6.07) is 10.2. The van der Waals surface area contributed by atoms with Gasteiger partial charge in [0.05, 0.1) is 0 Å². The molecule has 1 unspecified atom stereocenters. The molecule has 0 amide bonds. The number of nitrogens with one attached hydrogen (secondary N) is 1. The minimum absolute atomic E-state index is 0.312. The van der Waals surface area contributed by atoms with Gasteiger partial charge in [0.1, 0.15) is 4.21 Å². The van der Waals surface area contributed by atoms with Gasteiger partial charge < -0.3 is 5.73 Å². The molecule has 1 aromatic carbocycles. The van der Waals surface area contributed by atoms with Gasteiger partial charge in [-0.05, 0) is 49.7 Å². The number of hydrogen-bond acceptors (Lipinski definition) is 4. The SMILES string of the molecule is CC(NS(=O)(=O)c1ccc(CCN)s1)c1ccc(Cl)cc1. The molecule has 1 aromatic heterocycles. The van der Waals surface area contributed by atoms with Crippen LogP contribution in [0.25, 0.3) is 0 Å². The number of halogens is 1. The molecule has 21 heavy (non-hydrogen) atoms. The fourth-order valence-electron chi connectivity index (χ4n) is 1.89. The summed E-state index contributed by atoms with van der Waals surface area (Å²) in [6.07, 6.45) is 0.687. The highest BCUT2D eigenvalue weighted by molar-refractivity contribution is 7.91. The number of hydrogen-bond donors (Lipinski definition) is 2. The Morgan fingerprint density at radius 3 is 2.52 bits per heavy atom. The van der Waals surface area contributed by atoms with Crippen molar-refractivity contribution in [1.29, 1.82) is 0 Å². The quantitative estimate of drug-likeness (QED) is 0.846. The minimum atomic E-state index is -3.52. The van der Waals surface area contributed by atoms with Crippen molar-refractivity contribution in [3.05, 3.63) is 51.9 Å². The van der Waals surface area contributed by atoms with Crippen LogP contribution in [0.1, 0.15) is 23.4 Å². The Kier molecular flexibility index (Phi) is 5.40. The molecule has 3 N–H and O–H groups in total. The average Bonchev–Trinajstić information content (AvgIpc) is 2.89. The van der Waals surface area contributed by atoms with E-state index < -0.39 is 10.0 Å². The van der Waals surface area contributed by atoms with Crippen molar-refractivity contribution in [3.63, 3.8) is 0 Å². The Morgan fingerprint density at radius 2 is 1.90 bits per heavy atom. The van der Waals surface area contributed by atoms with E-state index in [9.17, 15) is 8.42 Å². The molecule has 0 saturated heterocycles. The maximum atomic E-state index is 12.3. The molecular formula is C14H17ClN2O2S2. The van der Waals surface area contributed by atoms with E-state index in [0.717, 1.165) is 10.4 Å². The molecule has 0 radical (unpaired) electrons. The van der Waals surface area contributed by atoms with Crippen LogP contribution in [0, 0.1) is 0 Å². The van der Waals surface area contributed by atoms with Crippen LogP contribution in [0.15, 0.2) is 40.6 Å². The van der Waals surface area contributed by atoms with Crippen LogP contribution >= 0.6 is 22.9 Å². The van der Waals surface area contributed by atoms with Gasteiger partial charge in [0.15, 0.2) is 0 Å². The van der Waals surface area contributed by atoms with Gasteiger partial charge in [-0.1, -0.05) is 23.7 Å². The van der Waals surface area contributed by atoms with Gasteiger partial charge in [0.25, 0.3) is 10.0 Å². The molecule has 2 aromatic rings. The molecule has 0 aliphatic rings. The van der Waals surface area contributed by atoms with E-state index >= 15 is 0 Å². The largest absolute Gasteiger partial charge is 0.330 e. The fraction of sp³-hybridized carbons (Fsp3) is 0.286. The van der Waals surface area contributed by atoms with Crippen LogP contribution in [-0.4, -0.2) is 15.0 Å². The van der Waals surface area contributed by atoms with Gasteiger partial charge in [-0.2, -0.15) is 0 Å². The molecule has 1 atom stereocenters. The molecule has 0 saturated carbocycles. The van der Waals surface area contributed by atoms with Crippen LogP contribution in [0.4, 0.5) is 0 Å². The molecule has 0 spiro atoms. The summed E-state index contributed by atoms with van der Waals surface area (Å²) in [5.41, 5.74) is 6.34. The first-order valence-electron chi connectivity index (χ1n) is 6.49. The summed E-state index contributed by atoms with van der Waals surface area (Å²) in [4.78, 5) is 0.969. The first-order chi connectivity index (χ1) is 9.92. The summed E-state index contributed by atoms with van der Waals surface area (Å²) in [5.74, 6) is 0. The van der Waals surface area contributed by atoms with Gasteiger partial charge in [0, 0.05) is 15.9 Å². The van der Waals surface area contributed by atoms with Crippen LogP contribution in [-0.2, 0) is 16.4 Å². The Morgan fingerprint density at radius 1 is 1.24 bits per heavy atom. The molecule has 0 aliphatic heterocycles. The first kappa shape index (κ1) is 16.5. The Bertz CT molecular complexity index is 696. The van der Waals surface area contributed by atoms with Crippen LogP contribution in [0.3, 0.4) is 0 Å². The van der Waals surface area contributed by atoms with E-state index in [2.05, 4.69) is 4.72 Å². The van der Waals surface area contributed by atoms with E-state index in [1.165, 1.54) is 11.3 Å². The summed E-state index contributed by atoms with van der Waals surface area (Å²) >= 11 is 7.08. The van der Waals surface area contributed by atoms with Crippen molar-refractivity contribution in [1.82, 2.24) is 4.72 Å². The number of sulfonamides is 1. The maximum absolute atomic E-state index is 12.3. The van der Waals surface area contributed by atoms with E-state index in [1.54, 1.807) is 31.2 Å². The molecule has 7 heteroatoms. The maximum Gasteiger partial charge on any atom is 0.250 e. The van der Waals surface area contributed by atoms with E-state index in [1.807, 2.05) is 12.1 Å². The molecule has 114 valence electrons. The highest BCUT2D eigenvalue weighted by Gasteiger charge is 2.20. The predicted molar refractivity (Wildman–Crippen MR) is 87.3 cm³/mol. The zero-order chi connectivity index (χ0) is 15.5. The van der Waals surface area contributed by atoms with Crippen molar-refractivity contribution < 1.29 is 8.42 Å². The lowest BCUT2D eigenvalue weighted by atomic mass is 10.1. The monoisotopic (exact) mass is 344 g/mol. The Labute approximate surface area is 134 Å². The van der Waals surface area contributed by atoms with Crippen LogP contribution in [0.2, 0.25) is 5.02 Å². The Balaban J connectivity index is 2.14. The van der Waals surface area contributed by atoms with Gasteiger partial charge in [0.2, 0.25) is 0 Å². The van der Waals surface area contributed by atoms with Gasteiger partial charge in [-0.25, -0.2) is 13.1 Å². The summed E-state index contributed by atoms with van der Waals surface area (Å²) in [6.45, 7) is 2.31. The van der Waals surface area contributed by atoms with Crippen molar-refractivity contribution in [2.75, 3.05) is 6.54 Å². The number of benzene rings is 1. The lowest BCUT2D eigenvalue weighted by molar-refractivity contribution is 0.569. The topological polar surface area (TPSA) is 72.2 Å². The lowest BCUT2D eigenvalue weighted by Gasteiger charge is -2.13. The average molecular weight is 345 g/mol. The van der Waals surface area contributed by atoms with Gasteiger partial charge in [-0.3, -0.25) is 0 Å². The van der Waals surface area contributed by atoms with Crippen LogP contribution in [0.5, 0.6) is 0 Å². The fourth-order valence-corrected chi connectivity index (χ4v) is 4.64. The second kappa shape index (κ2) is 6.89. The zero-order valence-corrected chi connectivity index (χ0v) is 13.9. The number of thiophene rings is 1. The molecule has 0 fully saturated rings. The zero-order valence-electron chi connectivity index (χ0n) is 11.5. The molecule has 4 nitrogen and oxygen atoms in total. The van der Waals surface area contributed by atoms with Gasteiger partial charge >= 0.3 is 0 Å². The normalized spacial score (nSPS) is 13.3. The summed E-state index contributed by atoms with van der Waals surface area (Å²) in [5, 5.41) is 0.624. The first-order valence-corrected chi connectivity index (χ1v) is 9.16. The standard InChI is InChI=1S/C14H17ClN2O2S2/c1-10(11-2-4-12(15)5-3-11)17-21(18,19)14-7-6-13(20-14)8-9-16/h2-7,10,17H,8-9,16H2,1H3. The van der Waals surface area contributed by atoms with Gasteiger partial charge in [-0.15, -0.1) is 11.3 Å². The smallest absolute Gasteiger partial charge is 0.250 e. The molecule has 2 rings (SSSR count). The second-order valence-corrected chi connectivity index (χ2v) is 8.20. The molecule has 0 aliphatic carbocycles. The molecule has 0 bridgehead atoms. The highest BCUT2D eigenvalue weighted by Crippen LogP contribution is 2.24. The third kappa shape index (κ3) is 4.28. The van der Waals surface area contributed by atoms with E-state index in [0.29, 0.717) is 22.2 Å². The van der Waals surface area contributed by atoms with Crippen LogP contribution < -0.4 is 10.5 Å². The van der Waals surface area contributed by atoms with Crippen molar-refractivity contribution in [3.8, 4) is 0 Å². The number of nitrogens with two attached hydrogens (primary N) is 1. The van der Waals surface area contributed by atoms with Crippen molar-refractivity contribution in [2.24, 2.45) is 5.73 Å².